The summed E-state index contributed by atoms with van der Waals surface area (Å²) in [5.41, 5.74) is 0.220. The van der Waals surface area contributed by atoms with E-state index < -0.39 is 5.97 Å². The number of aromatic nitrogens is 2. The molecule has 0 atom stereocenters. The molecular formula is C13H19ClN2O2S. The molecule has 0 aliphatic carbocycles. The van der Waals surface area contributed by atoms with Gasteiger partial charge in [-0.3, -0.25) is 0 Å². The number of hydrogen-bond donors (Lipinski definition) is 0. The van der Waals surface area contributed by atoms with Gasteiger partial charge in [-0.15, -0.1) is 0 Å². The third-order valence-electron chi connectivity index (χ3n) is 2.39. The molecule has 0 aromatic carbocycles. The zero-order valence-electron chi connectivity index (χ0n) is 11.3. The molecule has 0 fully saturated rings. The highest BCUT2D eigenvalue weighted by Crippen LogP contribution is 2.19. The summed E-state index contributed by atoms with van der Waals surface area (Å²) in [7, 11) is 0. The van der Waals surface area contributed by atoms with Crippen molar-refractivity contribution in [2.24, 2.45) is 0 Å². The van der Waals surface area contributed by atoms with E-state index in [0.717, 1.165) is 12.2 Å². The second-order valence-electron chi connectivity index (χ2n) is 3.99. The molecule has 1 aromatic rings. The molecule has 1 rings (SSSR count). The van der Waals surface area contributed by atoms with Crippen LogP contribution >= 0.6 is 23.4 Å². The predicted molar refractivity (Wildman–Crippen MR) is 77.9 cm³/mol. The van der Waals surface area contributed by atoms with Crippen LogP contribution in [0.4, 0.5) is 0 Å². The minimum Gasteiger partial charge on any atom is -0.461 e. The molecule has 0 saturated carbocycles. The van der Waals surface area contributed by atoms with Gasteiger partial charge in [-0.05, 0) is 13.3 Å². The molecule has 1 heterocycles. The Bertz CT molecular complexity index is 416. The molecule has 0 N–H and O–H groups in total. The van der Waals surface area contributed by atoms with Crippen molar-refractivity contribution in [1.82, 2.24) is 9.97 Å². The SMILES string of the molecule is CCCCCCSc1nc(Cl)cc(C(=O)OCC)n1. The maximum absolute atomic E-state index is 11.6. The van der Waals surface area contributed by atoms with Crippen LogP contribution in [0, 0.1) is 0 Å². The minimum atomic E-state index is -0.459. The fraction of sp³-hybridized carbons (Fsp3) is 0.615. The number of halogens is 1. The monoisotopic (exact) mass is 302 g/mol. The molecular weight excluding hydrogens is 284 g/mol. The lowest BCUT2D eigenvalue weighted by Crippen LogP contribution is -2.08. The summed E-state index contributed by atoms with van der Waals surface area (Å²) in [6.45, 7) is 4.25. The van der Waals surface area contributed by atoms with E-state index in [2.05, 4.69) is 16.9 Å². The maximum Gasteiger partial charge on any atom is 0.357 e. The van der Waals surface area contributed by atoms with Crippen LogP contribution < -0.4 is 0 Å². The average Bonchev–Trinajstić information content (AvgIpc) is 2.38. The van der Waals surface area contributed by atoms with Gasteiger partial charge >= 0.3 is 5.97 Å². The Morgan fingerprint density at radius 3 is 2.79 bits per heavy atom. The van der Waals surface area contributed by atoms with E-state index in [1.165, 1.54) is 37.1 Å². The first-order chi connectivity index (χ1) is 9.17. The van der Waals surface area contributed by atoms with Crippen molar-refractivity contribution in [1.29, 1.82) is 0 Å². The van der Waals surface area contributed by atoms with Gasteiger partial charge in [-0.2, -0.15) is 0 Å². The molecule has 4 nitrogen and oxygen atoms in total. The van der Waals surface area contributed by atoms with Gasteiger partial charge in [-0.1, -0.05) is 49.5 Å². The molecule has 0 unspecified atom stereocenters. The highest BCUT2D eigenvalue weighted by molar-refractivity contribution is 7.99. The summed E-state index contributed by atoms with van der Waals surface area (Å²) in [4.78, 5) is 19.9. The van der Waals surface area contributed by atoms with Gasteiger partial charge in [0.2, 0.25) is 0 Å². The van der Waals surface area contributed by atoms with Crippen molar-refractivity contribution >= 4 is 29.3 Å². The van der Waals surface area contributed by atoms with Crippen molar-refractivity contribution in [3.05, 3.63) is 16.9 Å². The Morgan fingerprint density at radius 1 is 1.32 bits per heavy atom. The first kappa shape index (κ1) is 16.2. The third kappa shape index (κ3) is 6.25. The summed E-state index contributed by atoms with van der Waals surface area (Å²) in [6.07, 6.45) is 4.77. The number of nitrogens with zero attached hydrogens (tertiary/aromatic N) is 2. The standard InChI is InChI=1S/C13H19ClN2O2S/c1-3-5-6-7-8-19-13-15-10(9-11(14)16-13)12(17)18-4-2/h9H,3-8H2,1-2H3. The topological polar surface area (TPSA) is 52.1 Å². The number of carbonyl (C=O) groups excluding carboxylic acids is 1. The summed E-state index contributed by atoms with van der Waals surface area (Å²) >= 11 is 7.40. The highest BCUT2D eigenvalue weighted by Gasteiger charge is 2.12. The minimum absolute atomic E-state index is 0.220. The number of esters is 1. The van der Waals surface area contributed by atoms with Crippen LogP contribution in [0.15, 0.2) is 11.2 Å². The van der Waals surface area contributed by atoms with Crippen molar-refractivity contribution in [2.45, 2.75) is 44.7 Å². The maximum atomic E-state index is 11.6. The van der Waals surface area contributed by atoms with E-state index in [1.54, 1.807) is 6.92 Å². The van der Waals surface area contributed by atoms with Crippen LogP contribution in [0.5, 0.6) is 0 Å². The second-order valence-corrected chi connectivity index (χ2v) is 5.44. The Morgan fingerprint density at radius 2 is 2.11 bits per heavy atom. The number of unbranched alkanes of at least 4 members (excludes halogenated alkanes) is 3. The summed E-state index contributed by atoms with van der Waals surface area (Å²) in [5.74, 6) is 0.474. The molecule has 0 bridgehead atoms. The van der Waals surface area contributed by atoms with Crippen molar-refractivity contribution in [3.8, 4) is 0 Å². The zero-order chi connectivity index (χ0) is 14.1. The summed E-state index contributed by atoms with van der Waals surface area (Å²) in [5, 5.41) is 0.807. The first-order valence-electron chi connectivity index (χ1n) is 6.51. The quantitative estimate of drug-likeness (QED) is 0.239. The number of ether oxygens (including phenoxy) is 1. The van der Waals surface area contributed by atoms with Gasteiger partial charge in [0.25, 0.3) is 0 Å². The van der Waals surface area contributed by atoms with Crippen molar-refractivity contribution in [2.75, 3.05) is 12.4 Å². The fourth-order valence-electron chi connectivity index (χ4n) is 1.46. The number of thioether (sulfide) groups is 1. The average molecular weight is 303 g/mol. The van der Waals surface area contributed by atoms with E-state index in [0.29, 0.717) is 11.8 Å². The van der Waals surface area contributed by atoms with Crippen LogP contribution in [-0.4, -0.2) is 28.3 Å². The molecule has 19 heavy (non-hydrogen) atoms. The predicted octanol–water partition coefficient (Wildman–Crippen LogP) is 3.98. The number of hydrogen-bond acceptors (Lipinski definition) is 5. The molecule has 0 radical (unpaired) electrons. The second kappa shape index (κ2) is 9.15. The normalized spacial score (nSPS) is 10.5. The van der Waals surface area contributed by atoms with Crippen molar-refractivity contribution in [3.63, 3.8) is 0 Å². The van der Waals surface area contributed by atoms with Crippen molar-refractivity contribution < 1.29 is 9.53 Å². The van der Waals surface area contributed by atoms with E-state index in [4.69, 9.17) is 16.3 Å². The van der Waals surface area contributed by atoms with E-state index in [9.17, 15) is 4.79 Å². The molecule has 0 aliphatic rings. The Labute approximate surface area is 123 Å². The molecule has 0 saturated heterocycles. The molecule has 0 spiro atoms. The van der Waals surface area contributed by atoms with Gasteiger partial charge in [0.05, 0.1) is 6.61 Å². The van der Waals surface area contributed by atoms with Gasteiger partial charge < -0.3 is 4.74 Å². The summed E-state index contributed by atoms with van der Waals surface area (Å²) in [6, 6.07) is 1.43. The summed E-state index contributed by atoms with van der Waals surface area (Å²) < 4.78 is 4.90. The lowest BCUT2D eigenvalue weighted by molar-refractivity contribution is 0.0518. The number of rotatable bonds is 8. The van der Waals surface area contributed by atoms with Crippen LogP contribution in [0.1, 0.15) is 50.0 Å². The smallest absolute Gasteiger partial charge is 0.357 e. The number of carbonyl (C=O) groups is 1. The lowest BCUT2D eigenvalue weighted by atomic mass is 10.2. The molecule has 106 valence electrons. The Balaban J connectivity index is 2.56. The molecule has 1 aromatic heterocycles. The molecule has 6 heteroatoms. The largest absolute Gasteiger partial charge is 0.461 e. The Kier molecular flexibility index (Phi) is 7.82. The third-order valence-corrected chi connectivity index (χ3v) is 3.52. The lowest BCUT2D eigenvalue weighted by Gasteiger charge is -2.04. The van der Waals surface area contributed by atoms with Crippen LogP contribution in [-0.2, 0) is 4.74 Å². The zero-order valence-corrected chi connectivity index (χ0v) is 12.9. The van der Waals surface area contributed by atoms with E-state index in [1.807, 2.05) is 0 Å². The Hall–Kier alpha value is -0.810. The van der Waals surface area contributed by atoms with Crippen LogP contribution in [0.2, 0.25) is 5.15 Å². The van der Waals surface area contributed by atoms with E-state index in [-0.39, 0.29) is 10.8 Å². The highest BCUT2D eigenvalue weighted by atomic mass is 35.5. The van der Waals surface area contributed by atoms with Gasteiger partial charge in [-0.25, -0.2) is 14.8 Å². The van der Waals surface area contributed by atoms with Gasteiger partial charge in [0.15, 0.2) is 10.9 Å². The van der Waals surface area contributed by atoms with Crippen LogP contribution in [0.3, 0.4) is 0 Å². The molecule has 0 amide bonds. The molecule has 0 aliphatic heterocycles. The van der Waals surface area contributed by atoms with E-state index >= 15 is 0 Å². The van der Waals surface area contributed by atoms with Crippen LogP contribution in [0.25, 0.3) is 0 Å². The van der Waals surface area contributed by atoms with Gasteiger partial charge in [0, 0.05) is 11.8 Å². The first-order valence-corrected chi connectivity index (χ1v) is 7.88. The fourth-order valence-corrected chi connectivity index (χ4v) is 2.55. The van der Waals surface area contributed by atoms with Gasteiger partial charge in [0.1, 0.15) is 5.15 Å².